The smallest absolute Gasteiger partial charge is 0.305 e. The molecule has 0 N–H and O–H groups in total. The van der Waals surface area contributed by atoms with Gasteiger partial charge in [0.25, 0.3) is 0 Å². The first-order valence-electron chi connectivity index (χ1n) is 6.47. The quantitative estimate of drug-likeness (QED) is 0.712. The summed E-state index contributed by atoms with van der Waals surface area (Å²) in [5.41, 5.74) is -0.0596. The molecule has 1 saturated heterocycles. The van der Waals surface area contributed by atoms with Crippen LogP contribution in [-0.2, 0) is 19.0 Å². The van der Waals surface area contributed by atoms with Gasteiger partial charge in [0.2, 0.25) is 0 Å². The van der Waals surface area contributed by atoms with Gasteiger partial charge in [-0.15, -0.1) is 0 Å². The van der Waals surface area contributed by atoms with Crippen LogP contribution in [0, 0.1) is 5.41 Å². The van der Waals surface area contributed by atoms with E-state index in [2.05, 4.69) is 6.92 Å². The molecule has 4 nitrogen and oxygen atoms in total. The Balaban J connectivity index is 2.05. The van der Waals surface area contributed by atoms with Crippen molar-refractivity contribution in [3.8, 4) is 0 Å². The molecule has 98 valence electrons. The molecular formula is C13H22O4. The van der Waals surface area contributed by atoms with E-state index in [1.165, 1.54) is 13.5 Å². The standard InChI is InChI=1S/C13H22O4/c1-12(8-5-11(14)15-2)6-3-4-7-13(12)16-9-10-17-13/h3-10H2,1-2H3. The van der Waals surface area contributed by atoms with Crippen LogP contribution >= 0.6 is 0 Å². The maximum atomic E-state index is 11.3. The molecule has 4 heteroatoms. The Bertz CT molecular complexity index is 283. The van der Waals surface area contributed by atoms with E-state index in [0.29, 0.717) is 19.6 Å². The lowest BCUT2D eigenvalue weighted by Crippen LogP contribution is -2.50. The summed E-state index contributed by atoms with van der Waals surface area (Å²) >= 11 is 0. The van der Waals surface area contributed by atoms with Crippen LogP contribution in [0.25, 0.3) is 0 Å². The van der Waals surface area contributed by atoms with Gasteiger partial charge in [-0.05, 0) is 19.3 Å². The second-order valence-corrected chi connectivity index (χ2v) is 5.29. The normalized spacial score (nSPS) is 31.6. The number of hydrogen-bond donors (Lipinski definition) is 0. The minimum Gasteiger partial charge on any atom is -0.469 e. The van der Waals surface area contributed by atoms with Crippen molar-refractivity contribution in [2.45, 2.75) is 51.2 Å². The van der Waals surface area contributed by atoms with Crippen molar-refractivity contribution in [1.82, 2.24) is 0 Å². The van der Waals surface area contributed by atoms with Gasteiger partial charge in [0.15, 0.2) is 5.79 Å². The fourth-order valence-electron chi connectivity index (χ4n) is 3.11. The second kappa shape index (κ2) is 4.94. The first-order valence-corrected chi connectivity index (χ1v) is 6.47. The summed E-state index contributed by atoms with van der Waals surface area (Å²) in [6, 6.07) is 0. The number of carbonyl (C=O) groups is 1. The molecule has 0 amide bonds. The zero-order chi connectivity index (χ0) is 12.4. The Morgan fingerprint density at radius 3 is 2.53 bits per heavy atom. The molecule has 1 unspecified atom stereocenters. The SMILES string of the molecule is COC(=O)CCC1(C)CCCCC12OCCO2. The minimum atomic E-state index is -0.445. The fraction of sp³-hybridized carbons (Fsp3) is 0.923. The van der Waals surface area contributed by atoms with Crippen LogP contribution in [-0.4, -0.2) is 32.1 Å². The zero-order valence-electron chi connectivity index (χ0n) is 10.8. The van der Waals surface area contributed by atoms with E-state index in [-0.39, 0.29) is 11.4 Å². The molecule has 1 aliphatic carbocycles. The van der Waals surface area contributed by atoms with Gasteiger partial charge in [0.05, 0.1) is 20.3 Å². The lowest BCUT2D eigenvalue weighted by Gasteiger charge is -2.48. The summed E-state index contributed by atoms with van der Waals surface area (Å²) in [5.74, 6) is -0.593. The van der Waals surface area contributed by atoms with Gasteiger partial charge >= 0.3 is 5.97 Å². The van der Waals surface area contributed by atoms with Crippen molar-refractivity contribution in [3.05, 3.63) is 0 Å². The van der Waals surface area contributed by atoms with Crippen molar-refractivity contribution < 1.29 is 19.0 Å². The van der Waals surface area contributed by atoms with Crippen LogP contribution in [0.15, 0.2) is 0 Å². The lowest BCUT2D eigenvalue weighted by molar-refractivity contribution is -0.253. The van der Waals surface area contributed by atoms with E-state index in [9.17, 15) is 4.79 Å². The third kappa shape index (κ3) is 2.33. The molecule has 0 bridgehead atoms. The highest BCUT2D eigenvalue weighted by atomic mass is 16.7. The Labute approximate surface area is 103 Å². The Kier molecular flexibility index (Phi) is 3.73. The highest BCUT2D eigenvalue weighted by Gasteiger charge is 2.53. The molecule has 1 spiro atoms. The second-order valence-electron chi connectivity index (χ2n) is 5.29. The third-order valence-electron chi connectivity index (χ3n) is 4.27. The number of carbonyl (C=O) groups excluding carboxylic acids is 1. The molecule has 0 aromatic carbocycles. The molecule has 0 aromatic heterocycles. The van der Waals surface area contributed by atoms with Crippen molar-refractivity contribution in [1.29, 1.82) is 0 Å². The minimum absolute atomic E-state index is 0.0596. The summed E-state index contributed by atoms with van der Waals surface area (Å²) in [5, 5.41) is 0. The summed E-state index contributed by atoms with van der Waals surface area (Å²) in [4.78, 5) is 11.3. The van der Waals surface area contributed by atoms with E-state index in [4.69, 9.17) is 14.2 Å². The van der Waals surface area contributed by atoms with Crippen LogP contribution in [0.3, 0.4) is 0 Å². The molecule has 1 atom stereocenters. The molecule has 1 aliphatic heterocycles. The maximum absolute atomic E-state index is 11.3. The Hall–Kier alpha value is -0.610. The Morgan fingerprint density at radius 1 is 1.24 bits per heavy atom. The largest absolute Gasteiger partial charge is 0.469 e. The molecule has 1 heterocycles. The Morgan fingerprint density at radius 2 is 1.88 bits per heavy atom. The molecule has 2 fully saturated rings. The summed E-state index contributed by atoms with van der Waals surface area (Å²) < 4.78 is 16.5. The highest BCUT2D eigenvalue weighted by molar-refractivity contribution is 5.69. The van der Waals surface area contributed by atoms with E-state index >= 15 is 0 Å². The van der Waals surface area contributed by atoms with Crippen LogP contribution in [0.5, 0.6) is 0 Å². The van der Waals surface area contributed by atoms with Crippen LogP contribution < -0.4 is 0 Å². The fourth-order valence-corrected chi connectivity index (χ4v) is 3.11. The first-order chi connectivity index (χ1) is 8.12. The summed E-state index contributed by atoms with van der Waals surface area (Å²) in [6.45, 7) is 3.53. The molecule has 0 aromatic rings. The predicted octanol–water partition coefficient (Wildman–Crippen LogP) is 2.26. The first kappa shape index (κ1) is 12.8. The highest BCUT2D eigenvalue weighted by Crippen LogP contribution is 2.51. The number of ether oxygens (including phenoxy) is 3. The number of hydrogen-bond acceptors (Lipinski definition) is 4. The number of rotatable bonds is 3. The van der Waals surface area contributed by atoms with Gasteiger partial charge in [-0.3, -0.25) is 4.79 Å². The lowest BCUT2D eigenvalue weighted by atomic mass is 9.68. The van der Waals surface area contributed by atoms with Crippen LogP contribution in [0.2, 0.25) is 0 Å². The molecule has 17 heavy (non-hydrogen) atoms. The van der Waals surface area contributed by atoms with Gasteiger partial charge in [-0.1, -0.05) is 13.3 Å². The summed E-state index contributed by atoms with van der Waals surface area (Å²) in [6.07, 6.45) is 5.57. The molecule has 1 saturated carbocycles. The molecular weight excluding hydrogens is 220 g/mol. The van der Waals surface area contributed by atoms with E-state index in [1.54, 1.807) is 0 Å². The molecule has 0 radical (unpaired) electrons. The van der Waals surface area contributed by atoms with Gasteiger partial charge in [-0.25, -0.2) is 0 Å². The van der Waals surface area contributed by atoms with E-state index in [0.717, 1.165) is 25.7 Å². The van der Waals surface area contributed by atoms with Gasteiger partial charge in [0, 0.05) is 18.3 Å². The number of esters is 1. The number of methoxy groups -OCH3 is 1. The van der Waals surface area contributed by atoms with Crippen molar-refractivity contribution in [2.75, 3.05) is 20.3 Å². The van der Waals surface area contributed by atoms with Gasteiger partial charge in [0.1, 0.15) is 0 Å². The van der Waals surface area contributed by atoms with Crippen LogP contribution in [0.1, 0.15) is 45.4 Å². The van der Waals surface area contributed by atoms with Gasteiger partial charge < -0.3 is 14.2 Å². The zero-order valence-corrected chi connectivity index (χ0v) is 10.8. The van der Waals surface area contributed by atoms with Crippen molar-refractivity contribution in [2.24, 2.45) is 5.41 Å². The maximum Gasteiger partial charge on any atom is 0.305 e. The average Bonchev–Trinajstić information content (AvgIpc) is 2.81. The third-order valence-corrected chi connectivity index (χ3v) is 4.27. The summed E-state index contributed by atoms with van der Waals surface area (Å²) in [7, 11) is 1.43. The van der Waals surface area contributed by atoms with Gasteiger partial charge in [-0.2, -0.15) is 0 Å². The van der Waals surface area contributed by atoms with E-state index in [1.807, 2.05) is 0 Å². The molecule has 2 aliphatic rings. The van der Waals surface area contributed by atoms with Crippen molar-refractivity contribution >= 4 is 5.97 Å². The predicted molar refractivity (Wildman–Crippen MR) is 62.5 cm³/mol. The molecule has 2 rings (SSSR count). The van der Waals surface area contributed by atoms with Crippen molar-refractivity contribution in [3.63, 3.8) is 0 Å². The van der Waals surface area contributed by atoms with Crippen LogP contribution in [0.4, 0.5) is 0 Å². The average molecular weight is 242 g/mol. The topological polar surface area (TPSA) is 44.8 Å². The monoisotopic (exact) mass is 242 g/mol. The van der Waals surface area contributed by atoms with E-state index < -0.39 is 5.79 Å².